The number of hydrogen-bond donors (Lipinski definition) is 1. The maximum absolute atomic E-state index is 12.0. The number of ether oxygens (including phenoxy) is 1. The number of alkyl halides is 1. The summed E-state index contributed by atoms with van der Waals surface area (Å²) in [7, 11) is 1.23. The number of H-pyrrole nitrogens is 1. The van der Waals surface area contributed by atoms with Crippen LogP contribution in [0.3, 0.4) is 0 Å². The molecule has 0 saturated carbocycles. The molecule has 1 rings (SSSR count). The van der Waals surface area contributed by atoms with Crippen molar-refractivity contribution >= 4 is 5.97 Å². The first kappa shape index (κ1) is 7.71. The Morgan fingerprint density at radius 3 is 3.18 bits per heavy atom. The van der Waals surface area contributed by atoms with E-state index in [0.717, 1.165) is 0 Å². The van der Waals surface area contributed by atoms with Gasteiger partial charge in [-0.1, -0.05) is 0 Å². The minimum absolute atomic E-state index is 0.0787. The van der Waals surface area contributed by atoms with Gasteiger partial charge in [0.25, 0.3) is 0 Å². The summed E-state index contributed by atoms with van der Waals surface area (Å²) >= 11 is 0. The van der Waals surface area contributed by atoms with E-state index in [1.165, 1.54) is 13.4 Å². The average Bonchev–Trinajstić information content (AvgIpc) is 2.50. The van der Waals surface area contributed by atoms with E-state index in [2.05, 4.69) is 14.7 Å². The fourth-order valence-corrected chi connectivity index (χ4v) is 0.703. The number of hydrogen-bond acceptors (Lipinski definition) is 3. The molecule has 1 heterocycles. The Morgan fingerprint density at radius 1 is 1.91 bits per heavy atom. The third-order valence-corrected chi connectivity index (χ3v) is 1.23. The SMILES string of the molecule is COC(=O)c1[nH]cnc1CF. The van der Waals surface area contributed by atoms with Gasteiger partial charge in [-0.15, -0.1) is 0 Å². The minimum atomic E-state index is -0.770. The molecule has 0 aromatic carbocycles. The predicted molar refractivity (Wildman–Crippen MR) is 34.7 cm³/mol. The molecule has 0 amide bonds. The van der Waals surface area contributed by atoms with E-state index < -0.39 is 12.6 Å². The summed E-state index contributed by atoms with van der Waals surface area (Å²) in [6.07, 6.45) is 1.25. The molecule has 0 spiro atoms. The van der Waals surface area contributed by atoms with Crippen LogP contribution in [0.5, 0.6) is 0 Å². The lowest BCUT2D eigenvalue weighted by atomic mass is 10.3. The Balaban J connectivity index is 2.92. The normalized spacial score (nSPS) is 9.64. The van der Waals surface area contributed by atoms with Crippen LogP contribution in [-0.4, -0.2) is 23.0 Å². The Bertz CT molecular complexity index is 259. The molecule has 60 valence electrons. The largest absolute Gasteiger partial charge is 0.464 e. The van der Waals surface area contributed by atoms with Crippen LogP contribution in [0.15, 0.2) is 6.33 Å². The molecule has 11 heavy (non-hydrogen) atoms. The number of methoxy groups -OCH3 is 1. The first-order valence-electron chi connectivity index (χ1n) is 2.96. The van der Waals surface area contributed by atoms with Crippen LogP contribution in [0.4, 0.5) is 4.39 Å². The molecule has 0 radical (unpaired) electrons. The fraction of sp³-hybridized carbons (Fsp3) is 0.333. The zero-order chi connectivity index (χ0) is 8.27. The van der Waals surface area contributed by atoms with Crippen molar-refractivity contribution in [3.8, 4) is 0 Å². The number of nitrogens with zero attached hydrogens (tertiary/aromatic N) is 1. The number of carbonyl (C=O) groups is 1. The molecule has 4 nitrogen and oxygen atoms in total. The van der Waals surface area contributed by atoms with E-state index in [4.69, 9.17) is 0 Å². The van der Waals surface area contributed by atoms with Crippen molar-refractivity contribution in [2.24, 2.45) is 0 Å². The van der Waals surface area contributed by atoms with Gasteiger partial charge in [-0.05, 0) is 0 Å². The Labute approximate surface area is 62.4 Å². The van der Waals surface area contributed by atoms with E-state index in [-0.39, 0.29) is 11.4 Å². The van der Waals surface area contributed by atoms with E-state index in [1.54, 1.807) is 0 Å². The smallest absolute Gasteiger partial charge is 0.356 e. The topological polar surface area (TPSA) is 55.0 Å². The first-order chi connectivity index (χ1) is 5.29. The number of aromatic amines is 1. The van der Waals surface area contributed by atoms with Gasteiger partial charge in [-0.2, -0.15) is 0 Å². The van der Waals surface area contributed by atoms with E-state index in [1.807, 2.05) is 0 Å². The first-order valence-corrected chi connectivity index (χ1v) is 2.96. The van der Waals surface area contributed by atoms with Gasteiger partial charge in [0.1, 0.15) is 12.4 Å². The lowest BCUT2D eigenvalue weighted by Crippen LogP contribution is -2.04. The van der Waals surface area contributed by atoms with Crippen molar-refractivity contribution < 1.29 is 13.9 Å². The molecule has 1 N–H and O–H groups in total. The molecule has 5 heteroatoms. The second kappa shape index (κ2) is 3.14. The summed E-state index contributed by atoms with van der Waals surface area (Å²) in [4.78, 5) is 16.8. The molecule has 0 fully saturated rings. The number of halogens is 1. The highest BCUT2D eigenvalue weighted by Crippen LogP contribution is 2.04. The molecular weight excluding hydrogens is 151 g/mol. The third kappa shape index (κ3) is 1.36. The molecule has 0 aliphatic rings. The van der Waals surface area contributed by atoms with E-state index in [9.17, 15) is 9.18 Å². The second-order valence-electron chi connectivity index (χ2n) is 1.85. The summed E-state index contributed by atoms with van der Waals surface area (Å²) in [6.45, 7) is -0.770. The molecular formula is C6H7FN2O2. The number of rotatable bonds is 2. The maximum Gasteiger partial charge on any atom is 0.356 e. The third-order valence-electron chi connectivity index (χ3n) is 1.23. The van der Waals surface area contributed by atoms with Crippen molar-refractivity contribution in [2.45, 2.75) is 6.67 Å². The minimum Gasteiger partial charge on any atom is -0.464 e. The van der Waals surface area contributed by atoms with Crippen LogP contribution < -0.4 is 0 Å². The number of nitrogens with one attached hydrogen (secondary N) is 1. The molecule has 1 aromatic rings. The Hall–Kier alpha value is -1.39. The molecule has 0 bridgehead atoms. The number of esters is 1. The molecule has 0 aliphatic heterocycles. The summed E-state index contributed by atoms with van der Waals surface area (Å²) in [5.41, 5.74) is 0.159. The van der Waals surface area contributed by atoms with Crippen LogP contribution in [-0.2, 0) is 11.4 Å². The molecule has 0 atom stereocenters. The quantitative estimate of drug-likeness (QED) is 0.643. The highest BCUT2D eigenvalue weighted by atomic mass is 19.1. The summed E-state index contributed by atoms with van der Waals surface area (Å²) in [5.74, 6) is -0.602. The molecule has 1 aromatic heterocycles. The second-order valence-corrected chi connectivity index (χ2v) is 1.85. The Kier molecular flexibility index (Phi) is 2.20. The fourth-order valence-electron chi connectivity index (χ4n) is 0.703. The highest BCUT2D eigenvalue weighted by Gasteiger charge is 2.13. The van der Waals surface area contributed by atoms with Crippen LogP contribution in [0.25, 0.3) is 0 Å². The number of aromatic nitrogens is 2. The van der Waals surface area contributed by atoms with Gasteiger partial charge in [-0.25, -0.2) is 14.2 Å². The van der Waals surface area contributed by atoms with Gasteiger partial charge in [0.15, 0.2) is 5.69 Å². The van der Waals surface area contributed by atoms with E-state index >= 15 is 0 Å². The van der Waals surface area contributed by atoms with E-state index in [0.29, 0.717) is 0 Å². The van der Waals surface area contributed by atoms with Crippen molar-refractivity contribution in [1.29, 1.82) is 0 Å². The highest BCUT2D eigenvalue weighted by molar-refractivity contribution is 5.88. The molecule has 0 saturated heterocycles. The van der Waals surface area contributed by atoms with Gasteiger partial charge in [-0.3, -0.25) is 0 Å². The average molecular weight is 158 g/mol. The number of carbonyl (C=O) groups excluding carboxylic acids is 1. The monoisotopic (exact) mass is 158 g/mol. The van der Waals surface area contributed by atoms with Gasteiger partial charge in [0, 0.05) is 0 Å². The van der Waals surface area contributed by atoms with Crippen molar-refractivity contribution in [3.63, 3.8) is 0 Å². The molecule has 0 unspecified atom stereocenters. The van der Waals surface area contributed by atoms with Crippen LogP contribution in [0.1, 0.15) is 16.2 Å². The summed E-state index contributed by atoms with van der Waals surface area (Å²) in [5, 5.41) is 0. The predicted octanol–water partition coefficient (Wildman–Crippen LogP) is 0.666. The van der Waals surface area contributed by atoms with Crippen LogP contribution in [0.2, 0.25) is 0 Å². The van der Waals surface area contributed by atoms with Gasteiger partial charge < -0.3 is 9.72 Å². The zero-order valence-corrected chi connectivity index (χ0v) is 5.93. The maximum atomic E-state index is 12.0. The standard InChI is InChI=1S/C6H7FN2O2/c1-11-6(10)5-4(2-7)8-3-9-5/h3H,2H2,1H3,(H,8,9). The zero-order valence-electron chi connectivity index (χ0n) is 5.93. The van der Waals surface area contributed by atoms with Gasteiger partial charge in [0.2, 0.25) is 0 Å². The lowest BCUT2D eigenvalue weighted by molar-refractivity contribution is 0.0592. The summed E-state index contributed by atoms with van der Waals surface area (Å²) < 4.78 is 16.4. The van der Waals surface area contributed by atoms with Crippen LogP contribution >= 0.6 is 0 Å². The van der Waals surface area contributed by atoms with Gasteiger partial charge >= 0.3 is 5.97 Å². The van der Waals surface area contributed by atoms with Crippen molar-refractivity contribution in [3.05, 3.63) is 17.7 Å². The van der Waals surface area contributed by atoms with Crippen LogP contribution in [0, 0.1) is 0 Å². The summed E-state index contributed by atoms with van der Waals surface area (Å²) in [6, 6.07) is 0. The van der Waals surface area contributed by atoms with Gasteiger partial charge in [0.05, 0.1) is 13.4 Å². The van der Waals surface area contributed by atoms with Crippen molar-refractivity contribution in [2.75, 3.05) is 7.11 Å². The molecule has 0 aliphatic carbocycles. The van der Waals surface area contributed by atoms with Crippen molar-refractivity contribution in [1.82, 2.24) is 9.97 Å². The number of imidazole rings is 1. The lowest BCUT2D eigenvalue weighted by Gasteiger charge is -1.95. The Morgan fingerprint density at radius 2 is 2.64 bits per heavy atom.